The number of fused-ring (bicyclic) bond motifs is 1. The maximum absolute atomic E-state index is 13.8. The minimum absolute atomic E-state index is 0.327. The molecule has 1 unspecified atom stereocenters. The summed E-state index contributed by atoms with van der Waals surface area (Å²) < 4.78 is 15.6. The summed E-state index contributed by atoms with van der Waals surface area (Å²) in [5.74, 6) is 0.392. The molecule has 0 amide bonds. The van der Waals surface area contributed by atoms with Gasteiger partial charge in [0.15, 0.2) is 0 Å². The van der Waals surface area contributed by atoms with Crippen molar-refractivity contribution in [2.75, 3.05) is 17.2 Å². The molecule has 2 fully saturated rings. The van der Waals surface area contributed by atoms with Gasteiger partial charge in [0.1, 0.15) is 25.4 Å². The van der Waals surface area contributed by atoms with Crippen molar-refractivity contribution in [2.24, 2.45) is 5.92 Å². The molecule has 2 aliphatic rings. The van der Waals surface area contributed by atoms with E-state index in [-0.39, 0.29) is 5.82 Å². The maximum atomic E-state index is 13.8. The van der Waals surface area contributed by atoms with Gasteiger partial charge < -0.3 is 10.6 Å². The van der Waals surface area contributed by atoms with Gasteiger partial charge in [-0.3, -0.25) is 4.98 Å². The molecule has 37 heavy (non-hydrogen) atoms. The molecule has 6 rings (SSSR count). The van der Waals surface area contributed by atoms with Crippen molar-refractivity contribution in [1.29, 1.82) is 5.26 Å². The number of anilines is 2. The van der Waals surface area contributed by atoms with E-state index >= 15 is 0 Å². The van der Waals surface area contributed by atoms with Crippen LogP contribution < -0.4 is 10.6 Å². The number of pyridine rings is 1. The Morgan fingerprint density at radius 2 is 1.97 bits per heavy atom. The van der Waals surface area contributed by atoms with Crippen LogP contribution in [0.3, 0.4) is 0 Å². The molecule has 0 aliphatic heterocycles. The number of hydrogen-bond donors (Lipinski definition) is 2. The number of aromatic nitrogens is 4. The van der Waals surface area contributed by atoms with E-state index in [0.717, 1.165) is 31.7 Å². The molecular weight excluding hydrogens is 488 g/mol. The zero-order valence-electron chi connectivity index (χ0n) is 20.1. The molecule has 0 saturated heterocycles. The highest BCUT2D eigenvalue weighted by atomic mass is 35.5. The molecule has 1 atom stereocenters. The largest absolute Gasteiger partial charge is 0.383 e. The summed E-state index contributed by atoms with van der Waals surface area (Å²) in [7, 11) is 6.99. The van der Waals surface area contributed by atoms with Gasteiger partial charge in [0.2, 0.25) is 0 Å². The Bertz CT molecular complexity index is 1510. The summed E-state index contributed by atoms with van der Waals surface area (Å²) in [6, 6.07) is 12.2. The van der Waals surface area contributed by atoms with Crippen LogP contribution in [0.25, 0.3) is 10.9 Å². The second-order valence-corrected chi connectivity index (χ2v) is 10.3. The molecule has 184 valence electrons. The molecule has 2 N–H and O–H groups in total. The first kappa shape index (κ1) is 23.7. The summed E-state index contributed by atoms with van der Waals surface area (Å²) in [6.45, 7) is 0.758. The van der Waals surface area contributed by atoms with E-state index in [2.05, 4.69) is 32.0 Å². The minimum atomic E-state index is -1.32. The van der Waals surface area contributed by atoms with Gasteiger partial charge in [-0.25, -0.2) is 9.07 Å². The topological polar surface area (TPSA) is 91.5 Å². The van der Waals surface area contributed by atoms with Crippen LogP contribution in [0.5, 0.6) is 0 Å². The number of halogens is 2. The molecule has 7 nitrogen and oxygen atoms in total. The minimum Gasteiger partial charge on any atom is -0.383 e. The Labute approximate surface area is 220 Å². The lowest BCUT2D eigenvalue weighted by molar-refractivity contribution is 0.610. The Morgan fingerprint density at radius 1 is 1.19 bits per heavy atom. The highest BCUT2D eigenvalue weighted by molar-refractivity contribution is 6.36. The van der Waals surface area contributed by atoms with E-state index in [1.807, 2.05) is 16.9 Å². The third-order valence-corrected chi connectivity index (χ3v) is 7.36. The maximum Gasteiger partial charge on any atom is 0.123 e. The van der Waals surface area contributed by atoms with Gasteiger partial charge in [0.25, 0.3) is 0 Å². The van der Waals surface area contributed by atoms with Crippen LogP contribution in [0, 0.1) is 23.1 Å². The normalized spacial score (nSPS) is 16.8. The Hall–Kier alpha value is -3.64. The lowest BCUT2D eigenvalue weighted by Crippen LogP contribution is -2.37. The summed E-state index contributed by atoms with van der Waals surface area (Å²) >= 11 is 6.68. The fourth-order valence-corrected chi connectivity index (χ4v) is 4.88. The number of rotatable bonds is 9. The third kappa shape index (κ3) is 4.74. The fraction of sp³-hybridized carbons (Fsp3) is 0.333. The number of hydrogen-bond acceptors (Lipinski definition) is 6. The summed E-state index contributed by atoms with van der Waals surface area (Å²) in [5, 5.41) is 26.3. The van der Waals surface area contributed by atoms with Gasteiger partial charge in [-0.2, -0.15) is 5.26 Å². The predicted octanol–water partition coefficient (Wildman–Crippen LogP) is 5.52. The smallest absolute Gasteiger partial charge is 0.123 e. The summed E-state index contributed by atoms with van der Waals surface area (Å²) in [5.41, 5.74) is 2.12. The van der Waals surface area contributed by atoms with Crippen LogP contribution in [-0.2, 0) is 5.44 Å². The van der Waals surface area contributed by atoms with Gasteiger partial charge in [-0.15, -0.1) is 5.10 Å². The molecule has 2 aromatic carbocycles. The van der Waals surface area contributed by atoms with Crippen molar-refractivity contribution in [1.82, 2.24) is 20.0 Å². The molecule has 2 aromatic heterocycles. The highest BCUT2D eigenvalue weighted by Gasteiger charge is 2.34. The van der Waals surface area contributed by atoms with Crippen LogP contribution in [-0.4, -0.2) is 34.4 Å². The van der Waals surface area contributed by atoms with Crippen LogP contribution in [0.2, 0.25) is 5.02 Å². The van der Waals surface area contributed by atoms with Crippen molar-refractivity contribution in [3.8, 4) is 6.07 Å². The summed E-state index contributed by atoms with van der Waals surface area (Å²) in [4.78, 5) is 4.44. The van der Waals surface area contributed by atoms with Crippen LogP contribution in [0.4, 0.5) is 15.8 Å². The average Bonchev–Trinajstić information content (AvgIpc) is 3.84. The first-order chi connectivity index (χ1) is 17.9. The molecule has 4 aromatic rings. The van der Waals surface area contributed by atoms with Crippen LogP contribution >= 0.6 is 11.6 Å². The molecule has 0 bridgehead atoms. The van der Waals surface area contributed by atoms with Crippen molar-refractivity contribution in [3.63, 3.8) is 0 Å². The molecule has 0 spiro atoms. The first-order valence-corrected chi connectivity index (χ1v) is 12.8. The lowest BCUT2D eigenvalue weighted by atomic mass is 9.69. The van der Waals surface area contributed by atoms with Gasteiger partial charge in [0.05, 0.1) is 39.5 Å². The van der Waals surface area contributed by atoms with Crippen LogP contribution in [0.15, 0.2) is 48.8 Å². The van der Waals surface area contributed by atoms with Gasteiger partial charge in [-0.05, 0) is 55.0 Å². The number of nitriles is 1. The van der Waals surface area contributed by atoms with E-state index in [0.29, 0.717) is 50.2 Å². The fourth-order valence-electron chi connectivity index (χ4n) is 4.61. The van der Waals surface area contributed by atoms with Crippen molar-refractivity contribution in [3.05, 3.63) is 76.5 Å². The monoisotopic (exact) mass is 511 g/mol. The van der Waals surface area contributed by atoms with E-state index in [4.69, 9.17) is 19.4 Å². The number of nitrogens with zero attached hydrogens (tertiary/aromatic N) is 5. The number of benzene rings is 2. The highest BCUT2D eigenvalue weighted by Crippen LogP contribution is 2.39. The van der Waals surface area contributed by atoms with Gasteiger partial charge in [-0.1, -0.05) is 41.8 Å². The van der Waals surface area contributed by atoms with Crippen molar-refractivity contribution >= 4 is 41.7 Å². The molecular formula is C27H24BClFN7. The Kier molecular flexibility index (Phi) is 6.00. The molecule has 2 saturated carbocycles. The first-order valence-electron chi connectivity index (χ1n) is 12.5. The average molecular weight is 512 g/mol. The van der Waals surface area contributed by atoms with Crippen molar-refractivity contribution < 1.29 is 4.39 Å². The van der Waals surface area contributed by atoms with Crippen molar-refractivity contribution in [2.45, 2.75) is 43.6 Å². The van der Waals surface area contributed by atoms with E-state index in [9.17, 15) is 9.65 Å². The van der Waals surface area contributed by atoms with E-state index < -0.39 is 5.44 Å². The van der Waals surface area contributed by atoms with E-state index in [1.165, 1.54) is 25.0 Å². The van der Waals surface area contributed by atoms with E-state index in [1.54, 1.807) is 24.4 Å². The van der Waals surface area contributed by atoms with Gasteiger partial charge >= 0.3 is 0 Å². The zero-order valence-corrected chi connectivity index (χ0v) is 20.8. The number of nitrogens with one attached hydrogen (secondary N) is 2. The second-order valence-electron chi connectivity index (χ2n) is 9.93. The zero-order chi connectivity index (χ0) is 25.6. The second kappa shape index (κ2) is 9.35. The van der Waals surface area contributed by atoms with Crippen LogP contribution in [0.1, 0.15) is 55.0 Å². The third-order valence-electron chi connectivity index (χ3n) is 7.07. The Morgan fingerprint density at radius 3 is 2.68 bits per heavy atom. The SMILES string of the molecule is [B]C(Nc1cc(Cl)c2ncc(C#N)c(NCCC3CC3)c2c1)(c1ccc(F)cc1)c1cn(C2CC2)nn1. The quantitative estimate of drug-likeness (QED) is 0.288. The van der Waals surface area contributed by atoms with Gasteiger partial charge in [0, 0.05) is 23.8 Å². The standard InChI is InChI=1S/C27H24BClFN7/c28-27(18-3-5-19(30)6-4-18,24-15-37(36-35-24)21-7-8-21)34-20-11-22-25(32-10-9-16-1-2-16)17(13-31)14-33-26(22)23(29)12-20/h3-6,11-12,14-16,21,34H,1-2,7-10H2,(H,32,33). The molecule has 10 heteroatoms. The predicted molar refractivity (Wildman–Crippen MR) is 142 cm³/mol. The molecule has 2 aliphatic carbocycles. The molecule has 2 radical (unpaired) electrons. The lowest BCUT2D eigenvalue weighted by Gasteiger charge is -2.32. The molecule has 2 heterocycles. The Balaban J connectivity index is 1.42. The summed E-state index contributed by atoms with van der Waals surface area (Å²) in [6.07, 6.45) is 9.05.